The quantitative estimate of drug-likeness (QED) is 0.465. The maximum Gasteiger partial charge on any atom is 2.00 e. The topological polar surface area (TPSA) is 0 Å². The number of hydrogen-bond acceptors (Lipinski definition) is 0. The van der Waals surface area contributed by atoms with Gasteiger partial charge in [-0.2, -0.15) is 6.08 Å². The maximum atomic E-state index is 4.90. The summed E-state index contributed by atoms with van der Waals surface area (Å²) in [6, 6.07) is 19.3. The Bertz CT molecular complexity index is 725. The Kier molecular flexibility index (Phi) is 24.5. The van der Waals surface area contributed by atoms with Gasteiger partial charge < -0.3 is 38.8 Å². The first kappa shape index (κ1) is 33.6. The third-order valence-corrected chi connectivity index (χ3v) is 3.34. The van der Waals surface area contributed by atoms with Crippen LogP contribution in [0.2, 0.25) is 0 Å². The summed E-state index contributed by atoms with van der Waals surface area (Å²) in [5.41, 5.74) is 0. The third kappa shape index (κ3) is 10.8. The third-order valence-electron chi connectivity index (χ3n) is 3.34. The van der Waals surface area contributed by atoms with Crippen LogP contribution in [0.15, 0.2) is 78.9 Å². The predicted molar refractivity (Wildman–Crippen MR) is 111 cm³/mol. The van der Waals surface area contributed by atoms with Crippen LogP contribution >= 0.6 is 0 Å². The molecule has 27 heavy (non-hydrogen) atoms. The van der Waals surface area contributed by atoms with Crippen LogP contribution in [0.5, 0.6) is 0 Å². The molecule has 0 unspecified atom stereocenters. The van der Waals surface area contributed by atoms with E-state index in [1.165, 1.54) is 21.5 Å². The van der Waals surface area contributed by atoms with E-state index in [-0.39, 0.29) is 65.9 Å². The van der Waals surface area contributed by atoms with Crippen LogP contribution < -0.4 is 24.8 Å². The SMILES string of the molecule is C.[C-]1=CC=CC1.[CH-]=CCC.[CH3-].[Cl-].[Cl-].[Zr+2].c1ccc2c(c1)[cH-]c1ccccc12. The molecule has 3 aromatic rings. The molecular weight excluding hydrogens is 450 g/mol. The summed E-state index contributed by atoms with van der Waals surface area (Å²) in [4.78, 5) is 0. The Morgan fingerprint density at radius 3 is 1.74 bits per heavy atom. The van der Waals surface area contributed by atoms with Crippen molar-refractivity contribution < 1.29 is 51.0 Å². The van der Waals surface area contributed by atoms with Gasteiger partial charge in [-0.15, -0.1) is 46.2 Å². The number of halogens is 2. The molecule has 0 fully saturated rings. The van der Waals surface area contributed by atoms with Gasteiger partial charge in [0, 0.05) is 0 Å². The Hall–Kier alpha value is -1.01. The van der Waals surface area contributed by atoms with Crippen molar-refractivity contribution in [2.24, 2.45) is 0 Å². The molecule has 0 aromatic heterocycles. The Morgan fingerprint density at radius 2 is 1.44 bits per heavy atom. The Balaban J connectivity index is -0.000000164. The molecule has 4 rings (SSSR count). The maximum absolute atomic E-state index is 4.90. The molecule has 146 valence electrons. The molecule has 0 N–H and O–H groups in total. The summed E-state index contributed by atoms with van der Waals surface area (Å²) in [7, 11) is 0. The van der Waals surface area contributed by atoms with Gasteiger partial charge in [0.2, 0.25) is 0 Å². The summed E-state index contributed by atoms with van der Waals surface area (Å²) in [5.74, 6) is 0. The minimum atomic E-state index is 0. The van der Waals surface area contributed by atoms with Crippen LogP contribution in [0.1, 0.15) is 27.2 Å². The minimum absolute atomic E-state index is 0. The van der Waals surface area contributed by atoms with E-state index >= 15 is 0 Å². The van der Waals surface area contributed by atoms with E-state index in [2.05, 4.69) is 66.7 Å². The van der Waals surface area contributed by atoms with Crippen LogP contribution in [0, 0.1) is 20.1 Å². The van der Waals surface area contributed by atoms with E-state index in [1.54, 1.807) is 6.08 Å². The van der Waals surface area contributed by atoms with Gasteiger partial charge in [0.15, 0.2) is 0 Å². The van der Waals surface area contributed by atoms with Gasteiger partial charge in [-0.05, 0) is 0 Å². The summed E-state index contributed by atoms with van der Waals surface area (Å²) in [5, 5.41) is 5.39. The number of allylic oxidation sites excluding steroid dienone is 5. The molecule has 0 saturated heterocycles. The van der Waals surface area contributed by atoms with Gasteiger partial charge in [-0.3, -0.25) is 12.2 Å². The smallest absolute Gasteiger partial charge is 1.00 e. The molecule has 0 heterocycles. The predicted octanol–water partition coefficient (Wildman–Crippen LogP) is 1.50. The molecule has 3 aromatic carbocycles. The first-order chi connectivity index (χ1) is 10.9. The van der Waals surface area contributed by atoms with Gasteiger partial charge in [0.1, 0.15) is 0 Å². The van der Waals surface area contributed by atoms with E-state index in [0.29, 0.717) is 0 Å². The zero-order valence-electron chi connectivity index (χ0n) is 15.3. The largest absolute Gasteiger partial charge is 2.00 e. The average molecular weight is 479 g/mol. The first-order valence-corrected chi connectivity index (χ1v) is 7.65. The molecular formula is C24H28Cl2Zr-4. The number of hydrogen-bond donors (Lipinski definition) is 0. The van der Waals surface area contributed by atoms with Gasteiger partial charge in [-0.25, -0.2) is 12.2 Å². The average Bonchev–Trinajstić information content (AvgIpc) is 3.26. The number of fused-ring (bicyclic) bond motifs is 3. The van der Waals surface area contributed by atoms with Crippen LogP contribution in [0.25, 0.3) is 21.5 Å². The molecule has 0 atom stereocenters. The summed E-state index contributed by atoms with van der Waals surface area (Å²) < 4.78 is 0. The second kappa shape index (κ2) is 19.7. The molecule has 0 bridgehead atoms. The van der Waals surface area contributed by atoms with Gasteiger partial charge in [0.25, 0.3) is 0 Å². The molecule has 0 saturated carbocycles. The summed E-state index contributed by atoms with van der Waals surface area (Å²) in [6.07, 6.45) is 12.6. The number of rotatable bonds is 1. The Labute approximate surface area is 197 Å². The standard InChI is InChI=1S/C13H9.C5H5.C4H7.CH4.CH3.2ClH.Zr/c1-3-7-12-10(5-1)9-11-6-2-4-8-13(11)12;1-2-4-5-3-1;1-3-4-2;;;;;/h1-9H;1-3H,4H2;1,3H,4H2,2H3;1H4;1H3;2*1H;/q3*-1;;-1;;;+2/p-2. The molecule has 1 aliphatic carbocycles. The molecule has 1 aliphatic rings. The van der Waals surface area contributed by atoms with Crippen molar-refractivity contribution in [1.29, 1.82) is 0 Å². The fourth-order valence-electron chi connectivity index (χ4n) is 2.24. The van der Waals surface area contributed by atoms with Gasteiger partial charge in [-0.1, -0.05) is 57.2 Å². The molecule has 0 aliphatic heterocycles. The zero-order valence-corrected chi connectivity index (χ0v) is 19.2. The van der Waals surface area contributed by atoms with E-state index in [1.807, 2.05) is 19.1 Å². The fourth-order valence-corrected chi connectivity index (χ4v) is 2.24. The van der Waals surface area contributed by atoms with Gasteiger partial charge >= 0.3 is 26.2 Å². The fraction of sp³-hybridized carbons (Fsp3) is 0.167. The van der Waals surface area contributed by atoms with Crippen molar-refractivity contribution in [2.45, 2.75) is 27.2 Å². The second-order valence-electron chi connectivity index (χ2n) is 4.97. The normalized spacial score (nSPS) is 9.52. The Morgan fingerprint density at radius 1 is 1.00 bits per heavy atom. The minimum Gasteiger partial charge on any atom is -1.00 e. The van der Waals surface area contributed by atoms with Crippen molar-refractivity contribution in [2.75, 3.05) is 0 Å². The molecule has 3 heteroatoms. The van der Waals surface area contributed by atoms with Crippen LogP contribution in [-0.4, -0.2) is 0 Å². The van der Waals surface area contributed by atoms with E-state index in [9.17, 15) is 0 Å². The van der Waals surface area contributed by atoms with Crippen LogP contribution in [-0.2, 0) is 26.2 Å². The van der Waals surface area contributed by atoms with E-state index < -0.39 is 0 Å². The zero-order chi connectivity index (χ0) is 15.6. The van der Waals surface area contributed by atoms with Crippen molar-refractivity contribution in [3.63, 3.8) is 0 Å². The van der Waals surface area contributed by atoms with E-state index in [4.69, 9.17) is 6.58 Å². The first-order valence-electron chi connectivity index (χ1n) is 7.65. The molecule has 0 nitrogen and oxygen atoms in total. The van der Waals surface area contributed by atoms with Crippen LogP contribution in [0.3, 0.4) is 0 Å². The molecule has 0 amide bonds. The van der Waals surface area contributed by atoms with Crippen molar-refractivity contribution in [3.8, 4) is 0 Å². The van der Waals surface area contributed by atoms with Crippen LogP contribution in [0.4, 0.5) is 0 Å². The van der Waals surface area contributed by atoms with Gasteiger partial charge in [0.05, 0.1) is 0 Å². The number of benzene rings is 2. The summed E-state index contributed by atoms with van der Waals surface area (Å²) in [6.45, 7) is 6.90. The monoisotopic (exact) mass is 476 g/mol. The second-order valence-corrected chi connectivity index (χ2v) is 4.97. The van der Waals surface area contributed by atoms with Crippen molar-refractivity contribution >= 4 is 21.5 Å². The van der Waals surface area contributed by atoms with Crippen molar-refractivity contribution in [1.82, 2.24) is 0 Å². The molecule has 0 spiro atoms. The van der Waals surface area contributed by atoms with Crippen molar-refractivity contribution in [3.05, 3.63) is 99.0 Å². The van der Waals surface area contributed by atoms with E-state index in [0.717, 1.165) is 12.8 Å². The summed E-state index contributed by atoms with van der Waals surface area (Å²) >= 11 is 0. The molecule has 0 radical (unpaired) electrons.